The van der Waals surface area contributed by atoms with Gasteiger partial charge in [-0.15, -0.1) is 0 Å². The number of allylic oxidation sites excluding steroid dienone is 2. The van der Waals surface area contributed by atoms with Gasteiger partial charge in [0.2, 0.25) is 0 Å². The van der Waals surface area contributed by atoms with E-state index in [0.29, 0.717) is 23.5 Å². The van der Waals surface area contributed by atoms with Crippen molar-refractivity contribution >= 4 is 48.0 Å². The van der Waals surface area contributed by atoms with E-state index in [0.717, 1.165) is 12.0 Å². The number of amides is 1. The van der Waals surface area contributed by atoms with Gasteiger partial charge in [-0.05, 0) is 54.8 Å². The summed E-state index contributed by atoms with van der Waals surface area (Å²) in [7, 11) is 3.00. The van der Waals surface area contributed by atoms with Crippen LogP contribution in [0.4, 0.5) is 10.5 Å². The number of phenols is 1. The van der Waals surface area contributed by atoms with Crippen LogP contribution in [0.5, 0.6) is 17.2 Å². The minimum atomic E-state index is -0.386. The summed E-state index contributed by atoms with van der Waals surface area (Å²) in [5.74, 6) is 0.424. The third kappa shape index (κ3) is 7.42. The van der Waals surface area contributed by atoms with Crippen LogP contribution in [0.3, 0.4) is 0 Å². The smallest absolute Gasteiger partial charge is 0.282 e. The van der Waals surface area contributed by atoms with Crippen LogP contribution in [0.15, 0.2) is 48.4 Å². The van der Waals surface area contributed by atoms with Crippen molar-refractivity contribution < 1.29 is 29.3 Å². The van der Waals surface area contributed by atoms with E-state index in [4.69, 9.17) is 25.9 Å². The Morgan fingerprint density at radius 1 is 1.26 bits per heavy atom. The molecular formula is C25H31ClN2O6S. The largest absolute Gasteiger partial charge is 0.507 e. The molecule has 0 saturated carbocycles. The quantitative estimate of drug-likeness (QED) is 0.233. The number of thiol groups is 1. The monoisotopic (exact) mass is 522 g/mol. The number of phenolic OH excluding ortho intramolecular Hbond substituents is 1. The predicted molar refractivity (Wildman–Crippen MR) is 143 cm³/mol. The van der Waals surface area contributed by atoms with Crippen molar-refractivity contribution in [3.63, 3.8) is 0 Å². The summed E-state index contributed by atoms with van der Waals surface area (Å²) in [6.45, 7) is 6.69. The zero-order chi connectivity index (χ0) is 26.8. The van der Waals surface area contributed by atoms with Gasteiger partial charge in [-0.1, -0.05) is 50.2 Å². The van der Waals surface area contributed by atoms with E-state index in [1.165, 1.54) is 32.4 Å². The SMILES string of the molecule is C=O.CN.COc1cccc(O)c1/C=C/C=C(\O)Oc1cc2c(cc1Cl)N(C(=O)S)CCC2(C)C. The van der Waals surface area contributed by atoms with Gasteiger partial charge in [0.05, 0.1) is 17.7 Å². The van der Waals surface area contributed by atoms with Gasteiger partial charge in [-0.3, -0.25) is 4.79 Å². The molecule has 0 unspecified atom stereocenters. The summed E-state index contributed by atoms with van der Waals surface area (Å²) in [6.07, 6.45) is 5.18. The third-order valence-electron chi connectivity index (χ3n) is 5.24. The Hall–Kier alpha value is -3.14. The maximum atomic E-state index is 11.9. The molecule has 1 aliphatic rings. The number of benzene rings is 2. The topological polar surface area (TPSA) is 122 Å². The van der Waals surface area contributed by atoms with Crippen LogP contribution >= 0.6 is 24.2 Å². The first-order chi connectivity index (χ1) is 16.6. The number of aromatic hydroxyl groups is 1. The van der Waals surface area contributed by atoms with Gasteiger partial charge in [0.25, 0.3) is 11.2 Å². The lowest BCUT2D eigenvalue weighted by atomic mass is 9.77. The lowest BCUT2D eigenvalue weighted by Crippen LogP contribution is -2.38. The lowest BCUT2D eigenvalue weighted by molar-refractivity contribution is -0.0980. The fraction of sp³-hybridized carbons (Fsp3) is 0.280. The van der Waals surface area contributed by atoms with E-state index >= 15 is 0 Å². The van der Waals surface area contributed by atoms with Crippen molar-refractivity contribution in [3.05, 3.63) is 64.6 Å². The number of carbonyl (C=O) groups is 2. The molecule has 0 bridgehead atoms. The van der Waals surface area contributed by atoms with Crippen LogP contribution in [0.25, 0.3) is 6.08 Å². The van der Waals surface area contributed by atoms with Gasteiger partial charge < -0.3 is 35.1 Å². The van der Waals surface area contributed by atoms with Crippen LogP contribution < -0.4 is 20.1 Å². The summed E-state index contributed by atoms with van der Waals surface area (Å²) in [5.41, 5.74) is 6.32. The van der Waals surface area contributed by atoms with Crippen LogP contribution in [-0.2, 0) is 10.2 Å². The molecular weight excluding hydrogens is 492 g/mol. The molecule has 35 heavy (non-hydrogen) atoms. The highest BCUT2D eigenvalue weighted by molar-refractivity contribution is 7.96. The average molecular weight is 523 g/mol. The van der Waals surface area contributed by atoms with E-state index in [2.05, 4.69) is 32.2 Å². The average Bonchev–Trinajstić information content (AvgIpc) is 2.83. The van der Waals surface area contributed by atoms with Gasteiger partial charge in [0.1, 0.15) is 24.0 Å². The number of aliphatic hydroxyl groups excluding tert-OH is 1. The van der Waals surface area contributed by atoms with Crippen molar-refractivity contribution in [1.82, 2.24) is 0 Å². The Morgan fingerprint density at radius 3 is 2.51 bits per heavy atom. The third-order valence-corrected chi connectivity index (χ3v) is 5.78. The number of nitrogens with zero attached hydrogens (tertiary/aromatic N) is 1. The van der Waals surface area contributed by atoms with Crippen LogP contribution in [0.2, 0.25) is 5.02 Å². The second-order valence-corrected chi connectivity index (χ2v) is 8.52. The molecule has 1 aliphatic heterocycles. The minimum absolute atomic E-state index is 0.0488. The molecule has 8 nitrogen and oxygen atoms in total. The molecule has 0 spiro atoms. The van der Waals surface area contributed by atoms with Crippen LogP contribution in [-0.4, -0.2) is 42.9 Å². The molecule has 3 rings (SSSR count). The van der Waals surface area contributed by atoms with Gasteiger partial charge in [-0.25, -0.2) is 0 Å². The lowest BCUT2D eigenvalue weighted by Gasteiger charge is -2.38. The molecule has 10 heteroatoms. The van der Waals surface area contributed by atoms with E-state index in [1.54, 1.807) is 35.2 Å². The van der Waals surface area contributed by atoms with Gasteiger partial charge in [0.15, 0.2) is 0 Å². The molecule has 1 heterocycles. The first-order valence-electron chi connectivity index (χ1n) is 10.5. The fourth-order valence-corrected chi connectivity index (χ4v) is 3.89. The summed E-state index contributed by atoms with van der Waals surface area (Å²) < 4.78 is 10.8. The molecule has 1 amide bonds. The second-order valence-electron chi connectivity index (χ2n) is 7.73. The second kappa shape index (κ2) is 13.7. The fourth-order valence-electron chi connectivity index (χ4n) is 3.48. The summed E-state index contributed by atoms with van der Waals surface area (Å²) in [6, 6.07) is 8.31. The van der Waals surface area contributed by atoms with Crippen molar-refractivity contribution in [3.8, 4) is 17.2 Å². The van der Waals surface area contributed by atoms with E-state index in [-0.39, 0.29) is 33.1 Å². The summed E-state index contributed by atoms with van der Waals surface area (Å²) in [5, 5.41) is 20.1. The number of carbonyl (C=O) groups excluding carboxylic acids is 2. The Balaban J connectivity index is 0.00000145. The molecule has 190 valence electrons. The predicted octanol–water partition coefficient (Wildman–Crippen LogP) is 5.47. The molecule has 4 N–H and O–H groups in total. The molecule has 2 aromatic carbocycles. The summed E-state index contributed by atoms with van der Waals surface area (Å²) >= 11 is 10.3. The highest BCUT2D eigenvalue weighted by Gasteiger charge is 2.34. The molecule has 0 saturated heterocycles. The Kier molecular flexibility index (Phi) is 11.7. The van der Waals surface area contributed by atoms with Crippen molar-refractivity contribution in [2.75, 3.05) is 25.6 Å². The van der Waals surface area contributed by atoms with Crippen molar-refractivity contribution in [2.45, 2.75) is 25.7 Å². The number of halogens is 1. The zero-order valence-corrected chi connectivity index (χ0v) is 21.8. The standard InChI is InChI=1S/C23H24ClNO5S.CH5N.CH2O/c1-23(2)10-11-25(22(28)31)17-13-16(24)20(12-15(17)23)30-21(27)9-4-6-14-18(26)7-5-8-19(14)29-3;2*1-2/h4-9,12-13,26-27H,10-11H2,1-3H3,(H,28,31);2H2,1H3;1H2/b6-4+,21-9+;;. The molecule has 0 atom stereocenters. The van der Waals surface area contributed by atoms with E-state index < -0.39 is 0 Å². The number of hydrogen-bond acceptors (Lipinski definition) is 7. The first kappa shape index (κ1) is 29.9. The Morgan fingerprint density at radius 2 is 1.91 bits per heavy atom. The highest BCUT2D eigenvalue weighted by Crippen LogP contribution is 2.44. The molecule has 0 aromatic heterocycles. The number of anilines is 1. The zero-order valence-electron chi connectivity index (χ0n) is 20.1. The van der Waals surface area contributed by atoms with Crippen LogP contribution in [0.1, 0.15) is 31.4 Å². The molecule has 2 aromatic rings. The molecule has 0 aliphatic carbocycles. The highest BCUT2D eigenvalue weighted by atomic mass is 35.5. The maximum Gasteiger partial charge on any atom is 0.282 e. The number of nitrogens with two attached hydrogens (primary N) is 1. The minimum Gasteiger partial charge on any atom is -0.507 e. The Bertz CT molecular complexity index is 1090. The van der Waals surface area contributed by atoms with Gasteiger partial charge in [0, 0.05) is 18.3 Å². The van der Waals surface area contributed by atoms with Crippen molar-refractivity contribution in [2.24, 2.45) is 5.73 Å². The van der Waals surface area contributed by atoms with Crippen molar-refractivity contribution in [1.29, 1.82) is 0 Å². The van der Waals surface area contributed by atoms with Gasteiger partial charge >= 0.3 is 0 Å². The number of aliphatic hydroxyl groups is 1. The molecule has 0 fully saturated rings. The molecule has 0 radical (unpaired) electrons. The van der Waals surface area contributed by atoms with E-state index in [9.17, 15) is 15.0 Å². The number of methoxy groups -OCH3 is 1. The first-order valence-corrected chi connectivity index (χ1v) is 11.3. The summed E-state index contributed by atoms with van der Waals surface area (Å²) in [4.78, 5) is 21.5. The van der Waals surface area contributed by atoms with E-state index in [1.807, 2.05) is 6.79 Å². The normalized spacial score (nSPS) is 14.1. The number of rotatable bonds is 5. The maximum absolute atomic E-state index is 11.9. The Labute approximate surface area is 216 Å². The number of fused-ring (bicyclic) bond motifs is 1. The van der Waals surface area contributed by atoms with Gasteiger partial charge in [-0.2, -0.15) is 0 Å². The number of ether oxygens (including phenoxy) is 2. The van der Waals surface area contributed by atoms with Crippen LogP contribution in [0, 0.1) is 0 Å². The number of hydrogen-bond donors (Lipinski definition) is 4.